The molecule has 10 heteroatoms. The molecule has 1 atom stereocenters. The first kappa shape index (κ1) is 26.1. The summed E-state index contributed by atoms with van der Waals surface area (Å²) in [5.74, 6) is -2.44. The second-order valence-corrected chi connectivity index (χ2v) is 10.9. The van der Waals surface area contributed by atoms with Crippen molar-refractivity contribution < 1.29 is 23.5 Å². The van der Waals surface area contributed by atoms with Crippen LogP contribution in [0, 0.1) is 11.6 Å². The van der Waals surface area contributed by atoms with Crippen LogP contribution in [0.3, 0.4) is 0 Å². The molecule has 0 aliphatic carbocycles. The van der Waals surface area contributed by atoms with Gasteiger partial charge in [-0.05, 0) is 78.9 Å². The van der Waals surface area contributed by atoms with Crippen molar-refractivity contribution in [3.05, 3.63) is 100 Å². The van der Waals surface area contributed by atoms with Gasteiger partial charge in [-0.1, -0.05) is 24.3 Å². The lowest BCUT2D eigenvalue weighted by Crippen LogP contribution is -2.37. The maximum atomic E-state index is 15.5. The second-order valence-electron chi connectivity index (χ2n) is 10.00. The number of aromatic nitrogens is 1. The predicted molar refractivity (Wildman–Crippen MR) is 148 cm³/mol. The van der Waals surface area contributed by atoms with Crippen LogP contribution in [0.4, 0.5) is 13.9 Å². The van der Waals surface area contributed by atoms with Crippen molar-refractivity contribution >= 4 is 28.3 Å². The number of piperidine rings is 1. The summed E-state index contributed by atoms with van der Waals surface area (Å²) in [6, 6.07) is 12.7. The van der Waals surface area contributed by atoms with Gasteiger partial charge in [0.05, 0.1) is 6.54 Å². The van der Waals surface area contributed by atoms with E-state index in [1.807, 2.05) is 12.1 Å². The highest BCUT2D eigenvalue weighted by Gasteiger charge is 2.40. The summed E-state index contributed by atoms with van der Waals surface area (Å²) in [6.45, 7) is 1.75. The number of fused-ring (bicyclic) bond motifs is 1. The number of rotatable bonds is 6. The summed E-state index contributed by atoms with van der Waals surface area (Å²) >= 11 is 1.17. The van der Waals surface area contributed by atoms with E-state index in [1.165, 1.54) is 29.2 Å². The standard InChI is InChI=1S/C30H26F2N4O3S/c31-21-5-6-26(37)23(15-21)27(28(38)35-30-34-11-12-40-30)36-16-24-22(29(36)39)13-20(14-25(24)32)18-3-1-17(2-4-18)19-7-9-33-10-8-19/h1-6,11-15,19,27,33,37H,7-10,16H2,(H,34,35,38). The van der Waals surface area contributed by atoms with Gasteiger partial charge >= 0.3 is 0 Å². The quantitative estimate of drug-likeness (QED) is 0.286. The first-order valence-corrected chi connectivity index (χ1v) is 13.9. The van der Waals surface area contributed by atoms with E-state index in [1.54, 1.807) is 11.4 Å². The van der Waals surface area contributed by atoms with Crippen LogP contribution in [-0.2, 0) is 11.3 Å². The van der Waals surface area contributed by atoms with Crippen molar-refractivity contribution in [3.8, 4) is 16.9 Å². The molecule has 2 aliphatic heterocycles. The van der Waals surface area contributed by atoms with Crippen LogP contribution in [0.5, 0.6) is 5.75 Å². The van der Waals surface area contributed by atoms with Crippen LogP contribution in [0.25, 0.3) is 11.1 Å². The maximum Gasteiger partial charge on any atom is 0.255 e. The molecule has 1 unspecified atom stereocenters. The second kappa shape index (κ2) is 10.8. The Kier molecular flexibility index (Phi) is 7.03. The largest absolute Gasteiger partial charge is 0.508 e. The van der Waals surface area contributed by atoms with Gasteiger partial charge in [-0.15, -0.1) is 11.3 Å². The molecule has 0 radical (unpaired) electrons. The Morgan fingerprint density at radius 3 is 2.58 bits per heavy atom. The van der Waals surface area contributed by atoms with E-state index in [4.69, 9.17) is 0 Å². The van der Waals surface area contributed by atoms with Crippen LogP contribution >= 0.6 is 11.3 Å². The fourth-order valence-electron chi connectivity index (χ4n) is 5.52. The van der Waals surface area contributed by atoms with Gasteiger partial charge in [-0.25, -0.2) is 13.8 Å². The number of benzene rings is 3. The van der Waals surface area contributed by atoms with Crippen molar-refractivity contribution in [1.82, 2.24) is 15.2 Å². The first-order chi connectivity index (χ1) is 19.4. The Hall–Kier alpha value is -4.15. The Morgan fingerprint density at radius 1 is 1.07 bits per heavy atom. The van der Waals surface area contributed by atoms with Gasteiger partial charge < -0.3 is 15.3 Å². The predicted octanol–water partition coefficient (Wildman–Crippen LogP) is 5.60. The molecule has 0 saturated carbocycles. The summed E-state index contributed by atoms with van der Waals surface area (Å²) in [7, 11) is 0. The highest BCUT2D eigenvalue weighted by Crippen LogP contribution is 2.39. The van der Waals surface area contributed by atoms with Crippen LogP contribution in [0.2, 0.25) is 0 Å². The van der Waals surface area contributed by atoms with E-state index in [0.29, 0.717) is 11.5 Å². The van der Waals surface area contributed by atoms with Gasteiger partial charge in [0.1, 0.15) is 23.4 Å². The number of hydrogen-bond acceptors (Lipinski definition) is 6. The highest BCUT2D eigenvalue weighted by molar-refractivity contribution is 7.13. The molecule has 1 saturated heterocycles. The molecule has 3 N–H and O–H groups in total. The molecule has 4 aromatic rings. The van der Waals surface area contributed by atoms with Crippen molar-refractivity contribution in [1.29, 1.82) is 0 Å². The molecule has 0 bridgehead atoms. The van der Waals surface area contributed by atoms with Gasteiger partial charge in [0.15, 0.2) is 5.13 Å². The third-order valence-electron chi connectivity index (χ3n) is 7.58. The lowest BCUT2D eigenvalue weighted by molar-refractivity contribution is -0.120. The monoisotopic (exact) mass is 560 g/mol. The van der Waals surface area contributed by atoms with Crippen LogP contribution in [0.15, 0.2) is 66.2 Å². The molecule has 1 aromatic heterocycles. The van der Waals surface area contributed by atoms with Crippen LogP contribution < -0.4 is 10.6 Å². The number of halogens is 2. The third-order valence-corrected chi connectivity index (χ3v) is 8.26. The van der Waals surface area contributed by atoms with E-state index in [0.717, 1.165) is 54.6 Å². The summed E-state index contributed by atoms with van der Waals surface area (Å²) in [5, 5.41) is 18.5. The number of anilines is 1. The van der Waals surface area contributed by atoms with Crippen molar-refractivity contribution in [2.24, 2.45) is 0 Å². The van der Waals surface area contributed by atoms with E-state index < -0.39 is 29.5 Å². The van der Waals surface area contributed by atoms with Crippen molar-refractivity contribution in [2.75, 3.05) is 18.4 Å². The summed E-state index contributed by atoms with van der Waals surface area (Å²) < 4.78 is 29.7. The zero-order valence-electron chi connectivity index (χ0n) is 21.4. The molecular formula is C30H26F2N4O3S. The molecule has 40 heavy (non-hydrogen) atoms. The number of nitrogens with one attached hydrogen (secondary N) is 2. The first-order valence-electron chi connectivity index (χ1n) is 13.0. The zero-order chi connectivity index (χ0) is 27.8. The SMILES string of the molecule is O=C(Nc1nccs1)C(c1cc(F)ccc1O)N1Cc2c(F)cc(-c3ccc(C4CCNCC4)cc3)cc2C1=O. The van der Waals surface area contributed by atoms with E-state index in [2.05, 4.69) is 27.8 Å². The summed E-state index contributed by atoms with van der Waals surface area (Å²) in [4.78, 5) is 32.3. The lowest BCUT2D eigenvalue weighted by atomic mass is 9.89. The number of aromatic hydroxyl groups is 1. The third kappa shape index (κ3) is 4.96. The minimum atomic E-state index is -1.42. The topological polar surface area (TPSA) is 94.6 Å². The average molecular weight is 561 g/mol. The number of hydrogen-bond donors (Lipinski definition) is 3. The number of nitrogens with zero attached hydrogens (tertiary/aromatic N) is 2. The molecule has 1 fully saturated rings. The molecule has 3 heterocycles. The Bertz CT molecular complexity index is 1570. The maximum absolute atomic E-state index is 15.5. The molecule has 7 nitrogen and oxygen atoms in total. The Labute approximate surface area is 233 Å². The highest BCUT2D eigenvalue weighted by atomic mass is 32.1. The molecule has 6 rings (SSSR count). The number of phenolic OH excluding ortho intramolecular Hbond substituents is 1. The Morgan fingerprint density at radius 2 is 1.85 bits per heavy atom. The minimum absolute atomic E-state index is 0.107. The lowest BCUT2D eigenvalue weighted by Gasteiger charge is -2.27. The molecular weight excluding hydrogens is 534 g/mol. The van der Waals surface area contributed by atoms with Crippen molar-refractivity contribution in [3.63, 3.8) is 0 Å². The fraction of sp³-hybridized carbons (Fsp3) is 0.233. The number of thiazole rings is 1. The number of phenols is 1. The van der Waals surface area contributed by atoms with Gasteiger partial charge in [0.25, 0.3) is 11.8 Å². The molecule has 2 amide bonds. The summed E-state index contributed by atoms with van der Waals surface area (Å²) in [6.07, 6.45) is 3.63. The van der Waals surface area contributed by atoms with Crippen molar-refractivity contribution in [2.45, 2.75) is 31.3 Å². The van der Waals surface area contributed by atoms with Crippen LogP contribution in [-0.4, -0.2) is 39.9 Å². The summed E-state index contributed by atoms with van der Waals surface area (Å²) in [5.41, 5.74) is 2.71. The molecule has 2 aliphatic rings. The van der Waals surface area contributed by atoms with E-state index in [-0.39, 0.29) is 34.1 Å². The average Bonchev–Trinajstić information content (AvgIpc) is 3.60. The number of amides is 2. The smallest absolute Gasteiger partial charge is 0.255 e. The van der Waals surface area contributed by atoms with Gasteiger partial charge in [0, 0.05) is 28.3 Å². The van der Waals surface area contributed by atoms with Gasteiger partial charge in [-0.3, -0.25) is 14.9 Å². The van der Waals surface area contributed by atoms with E-state index >= 15 is 4.39 Å². The fourth-order valence-corrected chi connectivity index (χ4v) is 6.05. The van der Waals surface area contributed by atoms with E-state index in [9.17, 15) is 19.1 Å². The number of carbonyl (C=O) groups is 2. The molecule has 3 aromatic carbocycles. The molecule has 0 spiro atoms. The molecule has 204 valence electrons. The normalized spacial score (nSPS) is 16.1. The van der Waals surface area contributed by atoms with Gasteiger partial charge in [0.2, 0.25) is 0 Å². The van der Waals surface area contributed by atoms with Crippen LogP contribution in [0.1, 0.15) is 51.8 Å². The zero-order valence-corrected chi connectivity index (χ0v) is 22.2. The minimum Gasteiger partial charge on any atom is -0.508 e. The Balaban J connectivity index is 1.33. The number of carbonyl (C=O) groups excluding carboxylic acids is 2. The van der Waals surface area contributed by atoms with Gasteiger partial charge in [-0.2, -0.15) is 0 Å².